The van der Waals surface area contributed by atoms with Gasteiger partial charge in [0.2, 0.25) is 0 Å². The Kier molecular flexibility index (Phi) is 3.27. The van der Waals surface area contributed by atoms with Crippen molar-refractivity contribution >= 4 is 11.6 Å². The first kappa shape index (κ1) is 11.2. The zero-order valence-corrected chi connectivity index (χ0v) is 9.79. The van der Waals surface area contributed by atoms with Gasteiger partial charge in [0.1, 0.15) is 0 Å². The monoisotopic (exact) mass is 236 g/mol. The largest absolute Gasteiger partial charge is 0.441 e. The minimum absolute atomic E-state index is 0.529. The number of benzene rings is 1. The molecule has 0 spiro atoms. The van der Waals surface area contributed by atoms with Gasteiger partial charge in [0.25, 0.3) is 0 Å². The summed E-state index contributed by atoms with van der Waals surface area (Å²) in [5.74, 6) is 1.34. The van der Waals surface area contributed by atoms with Crippen LogP contribution < -0.4 is 5.73 Å². The second kappa shape index (κ2) is 4.68. The van der Waals surface area contributed by atoms with Crippen LogP contribution >= 0.6 is 11.6 Å². The first-order chi connectivity index (χ1) is 7.70. The van der Waals surface area contributed by atoms with E-state index in [1.807, 2.05) is 25.1 Å². The van der Waals surface area contributed by atoms with E-state index in [1.54, 1.807) is 6.20 Å². The number of aromatic nitrogens is 1. The lowest BCUT2D eigenvalue weighted by Crippen LogP contribution is -2.02. The molecule has 0 aliphatic rings. The molecule has 0 aliphatic heterocycles. The van der Waals surface area contributed by atoms with Crippen LogP contribution in [-0.4, -0.2) is 11.5 Å². The van der Waals surface area contributed by atoms with E-state index in [2.05, 4.69) is 4.98 Å². The van der Waals surface area contributed by atoms with E-state index in [4.69, 9.17) is 21.8 Å². The Hall–Kier alpha value is -1.32. The zero-order valence-electron chi connectivity index (χ0n) is 9.03. The normalized spacial score (nSPS) is 10.7. The predicted molar refractivity (Wildman–Crippen MR) is 64.4 cm³/mol. The van der Waals surface area contributed by atoms with Gasteiger partial charge in [-0.1, -0.05) is 17.7 Å². The van der Waals surface area contributed by atoms with Gasteiger partial charge in [0.05, 0.1) is 11.2 Å². The fourth-order valence-electron chi connectivity index (χ4n) is 1.49. The Labute approximate surface area is 99.2 Å². The third-order valence-electron chi connectivity index (χ3n) is 2.30. The predicted octanol–water partition coefficient (Wildman–Crippen LogP) is 2.80. The molecule has 2 rings (SSSR count). The third-order valence-corrected chi connectivity index (χ3v) is 2.61. The fourth-order valence-corrected chi connectivity index (χ4v) is 1.82. The molecule has 0 radical (unpaired) electrons. The summed E-state index contributed by atoms with van der Waals surface area (Å²) in [6.45, 7) is 2.53. The molecule has 16 heavy (non-hydrogen) atoms. The van der Waals surface area contributed by atoms with Crippen molar-refractivity contribution in [1.82, 2.24) is 4.98 Å². The molecular formula is C12H13ClN2O. The minimum Gasteiger partial charge on any atom is -0.441 e. The highest BCUT2D eigenvalue weighted by molar-refractivity contribution is 6.33. The molecule has 0 saturated carbocycles. The molecule has 0 fully saturated rings. The Morgan fingerprint density at radius 3 is 2.94 bits per heavy atom. The summed E-state index contributed by atoms with van der Waals surface area (Å²) < 4.78 is 5.56. The van der Waals surface area contributed by atoms with Crippen LogP contribution in [0.1, 0.15) is 11.5 Å². The summed E-state index contributed by atoms with van der Waals surface area (Å²) in [5.41, 5.74) is 7.42. The maximum atomic E-state index is 6.14. The summed E-state index contributed by atoms with van der Waals surface area (Å²) in [5, 5.41) is 0.676. The molecular weight excluding hydrogens is 224 g/mol. The smallest absolute Gasteiger partial charge is 0.196 e. The molecule has 1 aromatic carbocycles. The first-order valence-corrected chi connectivity index (χ1v) is 5.50. The average Bonchev–Trinajstić information content (AvgIpc) is 2.67. The van der Waals surface area contributed by atoms with Crippen molar-refractivity contribution in [2.24, 2.45) is 5.73 Å². The van der Waals surface area contributed by atoms with Crippen LogP contribution in [0.2, 0.25) is 5.02 Å². The van der Waals surface area contributed by atoms with E-state index in [9.17, 15) is 0 Å². The fraction of sp³-hybridized carbons (Fsp3) is 0.250. The summed E-state index contributed by atoms with van der Waals surface area (Å²) in [4.78, 5) is 4.14. The van der Waals surface area contributed by atoms with Crippen LogP contribution in [-0.2, 0) is 6.42 Å². The molecule has 0 bridgehead atoms. The van der Waals surface area contributed by atoms with Gasteiger partial charge in [0.15, 0.2) is 11.7 Å². The van der Waals surface area contributed by atoms with Gasteiger partial charge >= 0.3 is 0 Å². The van der Waals surface area contributed by atoms with Crippen molar-refractivity contribution in [2.45, 2.75) is 13.3 Å². The molecule has 0 aliphatic carbocycles. The Bertz CT molecular complexity index is 494. The maximum Gasteiger partial charge on any atom is 0.196 e. The highest BCUT2D eigenvalue weighted by Gasteiger charge is 2.09. The summed E-state index contributed by atoms with van der Waals surface area (Å²) in [6.07, 6.45) is 2.32. The number of nitrogens with two attached hydrogens (primary N) is 1. The quantitative estimate of drug-likeness (QED) is 0.892. The van der Waals surface area contributed by atoms with E-state index >= 15 is 0 Å². The van der Waals surface area contributed by atoms with Crippen LogP contribution in [0.4, 0.5) is 0 Å². The number of nitrogens with zero attached hydrogens (tertiary/aromatic N) is 1. The molecule has 1 aromatic heterocycles. The van der Waals surface area contributed by atoms with Crippen LogP contribution in [0.3, 0.4) is 0 Å². The van der Waals surface area contributed by atoms with E-state index in [-0.39, 0.29) is 0 Å². The van der Waals surface area contributed by atoms with Gasteiger partial charge in [0, 0.05) is 18.5 Å². The molecule has 2 aromatic rings. The van der Waals surface area contributed by atoms with Gasteiger partial charge < -0.3 is 10.2 Å². The molecule has 1 heterocycles. The second-order valence-electron chi connectivity index (χ2n) is 3.64. The van der Waals surface area contributed by atoms with Crippen molar-refractivity contribution in [1.29, 1.82) is 0 Å². The minimum atomic E-state index is 0.529. The van der Waals surface area contributed by atoms with Crippen LogP contribution in [0.25, 0.3) is 11.3 Å². The maximum absolute atomic E-state index is 6.14. The van der Waals surface area contributed by atoms with E-state index in [0.717, 1.165) is 11.1 Å². The number of hydrogen-bond donors (Lipinski definition) is 1. The van der Waals surface area contributed by atoms with Gasteiger partial charge in [-0.25, -0.2) is 4.98 Å². The molecule has 3 nitrogen and oxygen atoms in total. The van der Waals surface area contributed by atoms with Crippen LogP contribution in [0.15, 0.2) is 28.8 Å². The van der Waals surface area contributed by atoms with E-state index < -0.39 is 0 Å². The summed E-state index contributed by atoms with van der Waals surface area (Å²) >= 11 is 6.14. The summed E-state index contributed by atoms with van der Waals surface area (Å²) in [6, 6.07) is 5.83. The lowest BCUT2D eigenvalue weighted by atomic mass is 10.1. The molecule has 0 unspecified atom stereocenters. The first-order valence-electron chi connectivity index (χ1n) is 5.12. The average molecular weight is 237 g/mol. The van der Waals surface area contributed by atoms with Crippen molar-refractivity contribution in [3.63, 3.8) is 0 Å². The van der Waals surface area contributed by atoms with E-state index in [1.165, 1.54) is 0 Å². The van der Waals surface area contributed by atoms with Gasteiger partial charge in [-0.05, 0) is 24.6 Å². The third kappa shape index (κ3) is 2.26. The standard InChI is InChI=1S/C12H13ClN2O/c1-8-2-3-9(10(13)6-8)11-7-15-12(16-11)4-5-14/h2-3,6-7H,4-5,14H2,1H3. The molecule has 0 atom stereocenters. The van der Waals surface area contributed by atoms with Crippen molar-refractivity contribution < 1.29 is 4.42 Å². The Balaban J connectivity index is 2.35. The van der Waals surface area contributed by atoms with Gasteiger partial charge in [-0.2, -0.15) is 0 Å². The topological polar surface area (TPSA) is 52.0 Å². The Morgan fingerprint density at radius 2 is 2.25 bits per heavy atom. The highest BCUT2D eigenvalue weighted by atomic mass is 35.5. The van der Waals surface area contributed by atoms with Crippen molar-refractivity contribution in [3.05, 3.63) is 40.9 Å². The summed E-state index contributed by atoms with van der Waals surface area (Å²) in [7, 11) is 0. The number of halogens is 1. The Morgan fingerprint density at radius 1 is 1.44 bits per heavy atom. The second-order valence-corrected chi connectivity index (χ2v) is 4.05. The van der Waals surface area contributed by atoms with Crippen LogP contribution in [0, 0.1) is 6.92 Å². The van der Waals surface area contributed by atoms with Gasteiger partial charge in [-0.15, -0.1) is 0 Å². The van der Waals surface area contributed by atoms with Crippen LogP contribution in [0.5, 0.6) is 0 Å². The lowest BCUT2D eigenvalue weighted by molar-refractivity contribution is 0.508. The molecule has 4 heteroatoms. The molecule has 0 saturated heterocycles. The number of hydrogen-bond acceptors (Lipinski definition) is 3. The van der Waals surface area contributed by atoms with Gasteiger partial charge in [-0.3, -0.25) is 0 Å². The molecule has 2 N–H and O–H groups in total. The van der Waals surface area contributed by atoms with Crippen molar-refractivity contribution in [2.75, 3.05) is 6.54 Å². The number of oxazole rings is 1. The number of aryl methyl sites for hydroxylation is 1. The molecule has 0 amide bonds. The van der Waals surface area contributed by atoms with E-state index in [0.29, 0.717) is 29.6 Å². The van der Waals surface area contributed by atoms with Crippen molar-refractivity contribution in [3.8, 4) is 11.3 Å². The highest BCUT2D eigenvalue weighted by Crippen LogP contribution is 2.29. The SMILES string of the molecule is Cc1ccc(-c2cnc(CCN)o2)c(Cl)c1. The number of rotatable bonds is 3. The zero-order chi connectivity index (χ0) is 11.5. The lowest BCUT2D eigenvalue weighted by Gasteiger charge is -2.01. The molecule has 84 valence electrons.